The van der Waals surface area contributed by atoms with E-state index in [1.54, 1.807) is 0 Å². The van der Waals surface area contributed by atoms with Crippen molar-refractivity contribution in [2.75, 3.05) is 6.61 Å². The van der Waals surface area contributed by atoms with Crippen molar-refractivity contribution in [1.82, 2.24) is 0 Å². The maximum absolute atomic E-state index is 12.6. The number of aliphatic carboxylic acids is 1. The Kier molecular flexibility index (Phi) is 4.85. The number of hydrogen-bond donors (Lipinski definition) is 1. The zero-order valence-corrected chi connectivity index (χ0v) is 13.5. The van der Waals surface area contributed by atoms with Crippen LogP contribution in [0.3, 0.4) is 0 Å². The molecule has 0 radical (unpaired) electrons. The molecule has 2 unspecified atom stereocenters. The van der Waals surface area contributed by atoms with Crippen molar-refractivity contribution < 1.29 is 19.4 Å². The predicted molar refractivity (Wildman–Crippen MR) is 92.8 cm³/mol. The molecule has 25 heavy (non-hydrogen) atoms. The minimum atomic E-state index is -0.913. The zero-order valence-electron chi connectivity index (χ0n) is 13.5. The van der Waals surface area contributed by atoms with Gasteiger partial charge in [-0.15, -0.1) is 6.42 Å². The number of hydrogen-bond acceptors (Lipinski definition) is 3. The van der Waals surface area contributed by atoms with Crippen molar-refractivity contribution in [3.05, 3.63) is 71.8 Å². The molecule has 3 rings (SSSR count). The highest BCUT2D eigenvalue weighted by Crippen LogP contribution is 2.57. The second-order valence-corrected chi connectivity index (χ2v) is 6.07. The standard InChI is InChI=1S/C21H18O4/c1-2-13-25-21(24)19-16(14-9-5-3-6-10-14)18(20(22)23)17(19)15-11-7-4-8-12-15/h1,3-12,16-19H,13H2,(H,22,23). The van der Waals surface area contributed by atoms with Crippen LogP contribution in [0.5, 0.6) is 0 Å². The summed E-state index contributed by atoms with van der Waals surface area (Å²) in [5.41, 5.74) is 1.65. The molecule has 0 amide bonds. The molecule has 1 saturated carbocycles. The first-order valence-electron chi connectivity index (χ1n) is 8.08. The van der Waals surface area contributed by atoms with E-state index in [2.05, 4.69) is 5.92 Å². The number of benzene rings is 2. The van der Waals surface area contributed by atoms with Gasteiger partial charge in [0.15, 0.2) is 6.61 Å². The van der Waals surface area contributed by atoms with Crippen LogP contribution >= 0.6 is 0 Å². The second-order valence-electron chi connectivity index (χ2n) is 6.07. The van der Waals surface area contributed by atoms with Gasteiger partial charge in [0.25, 0.3) is 0 Å². The zero-order chi connectivity index (χ0) is 17.8. The van der Waals surface area contributed by atoms with Gasteiger partial charge in [0.05, 0.1) is 11.8 Å². The molecule has 1 N–H and O–H groups in total. The maximum Gasteiger partial charge on any atom is 0.311 e. The van der Waals surface area contributed by atoms with Crippen LogP contribution in [0.25, 0.3) is 0 Å². The Morgan fingerprint density at radius 3 is 1.80 bits per heavy atom. The summed E-state index contributed by atoms with van der Waals surface area (Å²) in [5.74, 6) is -1.20. The summed E-state index contributed by atoms with van der Waals surface area (Å²) < 4.78 is 5.16. The van der Waals surface area contributed by atoms with Crippen molar-refractivity contribution >= 4 is 11.9 Å². The lowest BCUT2D eigenvalue weighted by molar-refractivity contribution is -0.163. The van der Waals surface area contributed by atoms with E-state index in [0.717, 1.165) is 11.1 Å². The fourth-order valence-electron chi connectivity index (χ4n) is 3.74. The number of esters is 1. The third-order valence-electron chi connectivity index (χ3n) is 4.77. The fourth-order valence-corrected chi connectivity index (χ4v) is 3.74. The van der Waals surface area contributed by atoms with Crippen molar-refractivity contribution in [2.24, 2.45) is 11.8 Å². The summed E-state index contributed by atoms with van der Waals surface area (Å²) in [4.78, 5) is 24.6. The van der Waals surface area contributed by atoms with Gasteiger partial charge in [-0.2, -0.15) is 0 Å². The molecule has 0 aliphatic heterocycles. The Balaban J connectivity index is 2.01. The predicted octanol–water partition coefficient (Wildman–Crippen LogP) is 3.06. The Labute approximate surface area is 146 Å². The molecule has 0 bridgehead atoms. The molecular formula is C21H18O4. The van der Waals surface area contributed by atoms with Crippen LogP contribution in [-0.4, -0.2) is 23.7 Å². The van der Waals surface area contributed by atoms with E-state index < -0.39 is 35.6 Å². The minimum Gasteiger partial charge on any atom is -0.481 e. The van der Waals surface area contributed by atoms with E-state index in [1.165, 1.54) is 0 Å². The molecule has 1 aliphatic rings. The number of carboxylic acids is 1. The lowest BCUT2D eigenvalue weighted by atomic mass is 9.52. The topological polar surface area (TPSA) is 63.6 Å². The molecule has 0 heterocycles. The van der Waals surface area contributed by atoms with E-state index in [9.17, 15) is 14.7 Å². The van der Waals surface area contributed by atoms with Gasteiger partial charge in [0.1, 0.15) is 0 Å². The monoisotopic (exact) mass is 334 g/mol. The fraction of sp³-hybridized carbons (Fsp3) is 0.238. The first-order valence-corrected chi connectivity index (χ1v) is 8.08. The maximum atomic E-state index is 12.6. The summed E-state index contributed by atoms with van der Waals surface area (Å²) in [6.45, 7) is -0.115. The normalized spacial score (nSPS) is 24.6. The summed E-state index contributed by atoms with van der Waals surface area (Å²) in [6.07, 6.45) is 5.18. The summed E-state index contributed by atoms with van der Waals surface area (Å²) in [6, 6.07) is 18.5. The van der Waals surface area contributed by atoms with Gasteiger partial charge < -0.3 is 9.84 Å². The van der Waals surface area contributed by atoms with Crippen LogP contribution in [-0.2, 0) is 14.3 Å². The highest BCUT2D eigenvalue weighted by molar-refractivity contribution is 5.84. The number of carboxylic acid groups (broad SMARTS) is 1. The molecule has 0 spiro atoms. The van der Waals surface area contributed by atoms with Gasteiger partial charge in [0.2, 0.25) is 0 Å². The second kappa shape index (κ2) is 7.23. The molecule has 1 aliphatic carbocycles. The molecule has 4 heteroatoms. The van der Waals surface area contributed by atoms with E-state index in [1.807, 2.05) is 60.7 Å². The lowest BCUT2D eigenvalue weighted by Crippen LogP contribution is -2.51. The average molecular weight is 334 g/mol. The average Bonchev–Trinajstić information content (AvgIpc) is 2.60. The van der Waals surface area contributed by atoms with E-state index in [-0.39, 0.29) is 6.61 Å². The Morgan fingerprint density at radius 1 is 0.920 bits per heavy atom. The van der Waals surface area contributed by atoms with Crippen LogP contribution in [0, 0.1) is 24.2 Å². The number of terminal acetylenes is 1. The van der Waals surface area contributed by atoms with E-state index in [0.29, 0.717) is 0 Å². The lowest BCUT2D eigenvalue weighted by Gasteiger charge is -2.48. The van der Waals surface area contributed by atoms with Gasteiger partial charge in [-0.3, -0.25) is 9.59 Å². The van der Waals surface area contributed by atoms with Crippen molar-refractivity contribution in [3.63, 3.8) is 0 Å². The Bertz CT molecular complexity index is 744. The Morgan fingerprint density at radius 2 is 1.40 bits per heavy atom. The number of carbonyl (C=O) groups is 2. The van der Waals surface area contributed by atoms with Crippen molar-refractivity contribution in [2.45, 2.75) is 11.8 Å². The Hall–Kier alpha value is -3.06. The minimum absolute atomic E-state index is 0.115. The van der Waals surface area contributed by atoms with Crippen LogP contribution in [0.15, 0.2) is 60.7 Å². The summed E-state index contributed by atoms with van der Waals surface area (Å²) in [5, 5.41) is 9.79. The molecule has 2 aromatic rings. The van der Waals surface area contributed by atoms with Gasteiger partial charge in [-0.25, -0.2) is 0 Å². The van der Waals surface area contributed by atoms with Crippen molar-refractivity contribution in [3.8, 4) is 12.3 Å². The number of carbonyl (C=O) groups excluding carboxylic acids is 1. The van der Waals surface area contributed by atoms with E-state index in [4.69, 9.17) is 11.2 Å². The molecule has 2 aromatic carbocycles. The van der Waals surface area contributed by atoms with Gasteiger partial charge >= 0.3 is 11.9 Å². The molecular weight excluding hydrogens is 316 g/mol. The largest absolute Gasteiger partial charge is 0.481 e. The highest BCUT2D eigenvalue weighted by atomic mass is 16.5. The quantitative estimate of drug-likeness (QED) is 0.674. The number of ether oxygens (including phenoxy) is 1. The molecule has 0 aromatic heterocycles. The highest BCUT2D eigenvalue weighted by Gasteiger charge is 2.59. The van der Waals surface area contributed by atoms with Crippen molar-refractivity contribution in [1.29, 1.82) is 0 Å². The third kappa shape index (κ3) is 3.14. The van der Waals surface area contributed by atoms with Gasteiger partial charge in [-0.05, 0) is 11.1 Å². The molecule has 1 fully saturated rings. The van der Waals surface area contributed by atoms with Gasteiger partial charge in [-0.1, -0.05) is 66.6 Å². The van der Waals surface area contributed by atoms with Crippen LogP contribution in [0.2, 0.25) is 0 Å². The summed E-state index contributed by atoms with van der Waals surface area (Å²) >= 11 is 0. The molecule has 126 valence electrons. The number of rotatable bonds is 5. The van der Waals surface area contributed by atoms with Gasteiger partial charge in [0, 0.05) is 11.8 Å². The smallest absolute Gasteiger partial charge is 0.311 e. The van der Waals surface area contributed by atoms with Crippen LogP contribution in [0.4, 0.5) is 0 Å². The van der Waals surface area contributed by atoms with Crippen LogP contribution < -0.4 is 0 Å². The van der Waals surface area contributed by atoms with E-state index >= 15 is 0 Å². The third-order valence-corrected chi connectivity index (χ3v) is 4.77. The first-order chi connectivity index (χ1) is 12.1. The first kappa shape index (κ1) is 16.8. The van der Waals surface area contributed by atoms with Crippen LogP contribution in [0.1, 0.15) is 23.0 Å². The summed E-state index contributed by atoms with van der Waals surface area (Å²) in [7, 11) is 0. The molecule has 4 nitrogen and oxygen atoms in total. The molecule has 0 saturated heterocycles. The SMILES string of the molecule is C#CCOC(=O)C1C(c2ccccc2)C(C(=O)O)C1c1ccccc1. The molecule has 2 atom stereocenters.